The smallest absolute Gasteiger partial charge is 0.126 e. The third-order valence-electron chi connectivity index (χ3n) is 10.0. The van der Waals surface area contributed by atoms with Crippen LogP contribution in [0.15, 0.2) is 133 Å². The zero-order valence-electron chi connectivity index (χ0n) is 26.3. The highest BCUT2D eigenvalue weighted by molar-refractivity contribution is 5.78. The number of anilines is 4. The molecule has 1 saturated carbocycles. The van der Waals surface area contributed by atoms with Gasteiger partial charge in [-0.15, -0.1) is 0 Å². The number of rotatable bonds is 9. The number of nitrogens with zero attached hydrogens (tertiary/aromatic N) is 2. The van der Waals surface area contributed by atoms with Gasteiger partial charge in [-0.25, -0.2) is 0 Å². The Balaban J connectivity index is 1.04. The van der Waals surface area contributed by atoms with E-state index in [0.29, 0.717) is 12.5 Å². The van der Waals surface area contributed by atoms with Crippen molar-refractivity contribution in [1.29, 1.82) is 0 Å². The molecule has 3 unspecified atom stereocenters. The lowest BCUT2D eigenvalue weighted by Gasteiger charge is -2.41. The van der Waals surface area contributed by atoms with Crippen molar-refractivity contribution in [2.45, 2.75) is 57.0 Å². The molecule has 2 aliphatic heterocycles. The maximum absolute atomic E-state index is 6.73. The number of fused-ring (bicyclic) bond motifs is 2. The van der Waals surface area contributed by atoms with Gasteiger partial charge in [-0.1, -0.05) is 116 Å². The Bertz CT molecular complexity index is 1740. The molecule has 2 N–H and O–H groups in total. The third-order valence-corrected chi connectivity index (χ3v) is 10.0. The first-order chi connectivity index (χ1) is 22.8. The molecule has 232 valence electrons. The molecule has 5 aromatic carbocycles. The zero-order valence-corrected chi connectivity index (χ0v) is 26.3. The van der Waals surface area contributed by atoms with E-state index in [1.54, 1.807) is 0 Å². The van der Waals surface area contributed by atoms with E-state index in [2.05, 4.69) is 154 Å². The lowest BCUT2D eigenvalue weighted by molar-refractivity contribution is 0.201. The predicted molar refractivity (Wildman–Crippen MR) is 189 cm³/mol. The number of para-hydroxylation sites is 4. The molecule has 5 nitrogen and oxygen atoms in total. The number of hydrogen-bond acceptors (Lipinski definition) is 5. The minimum atomic E-state index is 0.0560. The largest absolute Gasteiger partial charge is 0.491 e. The van der Waals surface area contributed by atoms with E-state index in [-0.39, 0.29) is 18.4 Å². The van der Waals surface area contributed by atoms with Gasteiger partial charge >= 0.3 is 0 Å². The molecule has 0 aromatic heterocycles. The van der Waals surface area contributed by atoms with Gasteiger partial charge < -0.3 is 25.2 Å². The first-order valence-electron chi connectivity index (χ1n) is 16.9. The molecule has 0 amide bonds. The molecule has 0 radical (unpaired) electrons. The summed E-state index contributed by atoms with van der Waals surface area (Å²) < 4.78 is 6.73. The summed E-state index contributed by atoms with van der Waals surface area (Å²) in [5.74, 6) is 1.51. The van der Waals surface area contributed by atoms with Gasteiger partial charge in [-0.2, -0.15) is 0 Å². The Morgan fingerprint density at radius 3 is 1.91 bits per heavy atom. The summed E-state index contributed by atoms with van der Waals surface area (Å²) in [6, 6.07) is 48.0. The second kappa shape index (κ2) is 12.8. The Labute approximate surface area is 272 Å². The zero-order chi connectivity index (χ0) is 30.7. The van der Waals surface area contributed by atoms with Crippen LogP contribution in [0.4, 0.5) is 22.7 Å². The van der Waals surface area contributed by atoms with Gasteiger partial charge in [0.15, 0.2) is 0 Å². The highest BCUT2D eigenvalue weighted by Gasteiger charge is 2.39. The molecular weight excluding hydrogens is 564 g/mol. The maximum Gasteiger partial charge on any atom is 0.126 e. The second-order valence-corrected chi connectivity index (χ2v) is 12.9. The van der Waals surface area contributed by atoms with Crippen molar-refractivity contribution >= 4 is 22.7 Å². The van der Waals surface area contributed by atoms with E-state index in [4.69, 9.17) is 4.74 Å². The van der Waals surface area contributed by atoms with Crippen molar-refractivity contribution < 1.29 is 4.74 Å². The van der Waals surface area contributed by atoms with Crippen LogP contribution in [-0.4, -0.2) is 12.6 Å². The predicted octanol–water partition coefficient (Wildman–Crippen LogP) is 9.78. The van der Waals surface area contributed by atoms with Gasteiger partial charge in [0, 0.05) is 6.54 Å². The minimum absolute atomic E-state index is 0.0560. The summed E-state index contributed by atoms with van der Waals surface area (Å²) in [7, 11) is 0. The third kappa shape index (κ3) is 5.66. The van der Waals surface area contributed by atoms with Crippen LogP contribution < -0.4 is 25.2 Å². The van der Waals surface area contributed by atoms with Crippen LogP contribution in [0.3, 0.4) is 0 Å². The Hall–Kier alpha value is -4.90. The molecule has 1 aliphatic carbocycles. The van der Waals surface area contributed by atoms with Gasteiger partial charge in [-0.05, 0) is 71.8 Å². The van der Waals surface area contributed by atoms with Gasteiger partial charge in [0.25, 0.3) is 0 Å². The van der Waals surface area contributed by atoms with E-state index in [1.165, 1.54) is 71.5 Å². The number of nitrogens with one attached hydrogen (secondary N) is 2. The summed E-state index contributed by atoms with van der Waals surface area (Å²) in [6.45, 7) is 1.49. The first kappa shape index (κ1) is 28.6. The average molecular weight is 607 g/mol. The Kier molecular flexibility index (Phi) is 7.97. The molecule has 2 heterocycles. The quantitative estimate of drug-likeness (QED) is 0.175. The highest BCUT2D eigenvalue weighted by atomic mass is 16.5. The van der Waals surface area contributed by atoms with Gasteiger partial charge in [0.2, 0.25) is 0 Å². The number of ether oxygens (including phenoxy) is 1. The van der Waals surface area contributed by atoms with Crippen LogP contribution in [-0.2, 0) is 6.54 Å². The van der Waals surface area contributed by atoms with Crippen LogP contribution in [0, 0.1) is 5.92 Å². The normalized spacial score (nSPS) is 19.6. The fourth-order valence-electron chi connectivity index (χ4n) is 7.75. The molecule has 0 bridgehead atoms. The van der Waals surface area contributed by atoms with Gasteiger partial charge in [0.1, 0.15) is 24.7 Å². The molecule has 1 fully saturated rings. The molecule has 5 heteroatoms. The standard InChI is InChI=1S/C41H42N4O/c1-4-14-30(15-5-1)28-44-37-22-12-10-20-35(37)42-40(44)33-24-26-34(27-25-33)46-29-39(31-16-6-2-7-17-31)45-38-23-13-11-21-36(38)43-41(45)32-18-8-3-9-19-32/h1,3-5,8-15,18-27,31,39-43H,2,6-7,16-17,28-29H2. The molecule has 5 aromatic rings. The van der Waals surface area contributed by atoms with Crippen LogP contribution in [0.1, 0.15) is 61.1 Å². The van der Waals surface area contributed by atoms with Crippen molar-refractivity contribution in [3.63, 3.8) is 0 Å². The number of benzene rings is 5. The van der Waals surface area contributed by atoms with E-state index in [1.807, 2.05) is 0 Å². The van der Waals surface area contributed by atoms with E-state index < -0.39 is 0 Å². The summed E-state index contributed by atoms with van der Waals surface area (Å²) in [4.78, 5) is 5.08. The lowest BCUT2D eigenvalue weighted by Crippen LogP contribution is -2.47. The van der Waals surface area contributed by atoms with Crippen LogP contribution >= 0.6 is 0 Å². The molecule has 3 aliphatic rings. The molecule has 0 saturated heterocycles. The Morgan fingerprint density at radius 2 is 1.17 bits per heavy atom. The van der Waals surface area contributed by atoms with E-state index in [9.17, 15) is 0 Å². The maximum atomic E-state index is 6.73. The minimum Gasteiger partial charge on any atom is -0.491 e. The molecule has 8 rings (SSSR count). The lowest BCUT2D eigenvalue weighted by atomic mass is 9.83. The van der Waals surface area contributed by atoms with Crippen molar-refractivity contribution in [1.82, 2.24) is 0 Å². The highest BCUT2D eigenvalue weighted by Crippen LogP contribution is 2.46. The fourth-order valence-corrected chi connectivity index (χ4v) is 7.75. The fraction of sp³-hybridized carbons (Fsp3) is 0.268. The second-order valence-electron chi connectivity index (χ2n) is 12.9. The Morgan fingerprint density at radius 1 is 0.587 bits per heavy atom. The van der Waals surface area contributed by atoms with Gasteiger partial charge in [-0.3, -0.25) is 0 Å². The summed E-state index contributed by atoms with van der Waals surface area (Å²) in [6.07, 6.45) is 6.57. The molecular formula is C41H42N4O. The number of hydrogen-bond donors (Lipinski definition) is 2. The molecule has 46 heavy (non-hydrogen) atoms. The first-order valence-corrected chi connectivity index (χ1v) is 16.9. The summed E-state index contributed by atoms with van der Waals surface area (Å²) in [5.41, 5.74) is 8.69. The van der Waals surface area contributed by atoms with Crippen LogP contribution in [0.2, 0.25) is 0 Å². The van der Waals surface area contributed by atoms with Crippen LogP contribution in [0.25, 0.3) is 0 Å². The van der Waals surface area contributed by atoms with Gasteiger partial charge in [0.05, 0.1) is 28.8 Å². The van der Waals surface area contributed by atoms with Crippen LogP contribution in [0.5, 0.6) is 5.75 Å². The van der Waals surface area contributed by atoms with E-state index >= 15 is 0 Å². The van der Waals surface area contributed by atoms with Crippen molar-refractivity contribution in [2.24, 2.45) is 5.92 Å². The topological polar surface area (TPSA) is 39.8 Å². The monoisotopic (exact) mass is 606 g/mol. The SMILES string of the molecule is c1ccc(CN2c3ccccc3NC2c2ccc(OCC(C3CCCCC3)N3c4ccccc4NC3c3ccccc3)cc2)cc1. The summed E-state index contributed by atoms with van der Waals surface area (Å²) >= 11 is 0. The van der Waals surface area contributed by atoms with Crippen molar-refractivity contribution in [2.75, 3.05) is 27.0 Å². The van der Waals surface area contributed by atoms with Crippen molar-refractivity contribution in [3.8, 4) is 5.75 Å². The average Bonchev–Trinajstić information content (AvgIpc) is 3.69. The molecule has 0 spiro atoms. The summed E-state index contributed by atoms with van der Waals surface area (Å²) in [5, 5.41) is 7.62. The van der Waals surface area contributed by atoms with E-state index in [0.717, 1.165) is 12.3 Å². The van der Waals surface area contributed by atoms with Crippen molar-refractivity contribution in [3.05, 3.63) is 150 Å². The molecule has 3 atom stereocenters.